The summed E-state index contributed by atoms with van der Waals surface area (Å²) in [5, 5.41) is 20.7. The van der Waals surface area contributed by atoms with Gasteiger partial charge in [-0.15, -0.1) is 11.3 Å². The van der Waals surface area contributed by atoms with Crippen molar-refractivity contribution in [2.75, 3.05) is 0 Å². The molecule has 0 aliphatic carbocycles. The first-order chi connectivity index (χ1) is 15.4. The van der Waals surface area contributed by atoms with E-state index in [0.717, 1.165) is 27.1 Å². The number of benzene rings is 3. The molecule has 0 saturated carbocycles. The van der Waals surface area contributed by atoms with Crippen LogP contribution in [0.3, 0.4) is 0 Å². The van der Waals surface area contributed by atoms with Crippen LogP contribution < -0.4 is 4.74 Å². The van der Waals surface area contributed by atoms with Crippen LogP contribution in [0.25, 0.3) is 21.6 Å². The highest BCUT2D eigenvalue weighted by Crippen LogP contribution is 2.42. The van der Waals surface area contributed by atoms with Crippen LogP contribution in [0.1, 0.15) is 26.3 Å². The fourth-order valence-electron chi connectivity index (χ4n) is 3.25. The van der Waals surface area contributed by atoms with E-state index in [1.807, 2.05) is 17.5 Å². The molecule has 7 heteroatoms. The van der Waals surface area contributed by atoms with Gasteiger partial charge in [0.25, 0.3) is 0 Å². The van der Waals surface area contributed by atoms with Gasteiger partial charge in [0.15, 0.2) is 0 Å². The van der Waals surface area contributed by atoms with Crippen molar-refractivity contribution in [3.05, 3.63) is 99.9 Å². The van der Waals surface area contributed by atoms with Crippen LogP contribution in [0.15, 0.2) is 78.2 Å². The molecule has 160 valence electrons. The quantitative estimate of drug-likeness (QED) is 0.317. The monoisotopic (exact) mass is 464 g/mol. The molecule has 0 aliphatic heterocycles. The number of ether oxygens (including phenoxy) is 1. The molecule has 0 spiro atoms. The van der Waals surface area contributed by atoms with E-state index in [-0.39, 0.29) is 17.7 Å². The summed E-state index contributed by atoms with van der Waals surface area (Å²) in [7, 11) is 0. The number of carbonyl (C=O) groups is 2. The number of thiophene rings is 1. The first-order valence-electron chi connectivity index (χ1n) is 9.58. The molecule has 4 rings (SSSR count). The van der Waals surface area contributed by atoms with Gasteiger partial charge in [-0.05, 0) is 65.0 Å². The highest BCUT2D eigenvalue weighted by molar-refractivity contribution is 7.14. The second kappa shape index (κ2) is 9.26. The minimum absolute atomic E-state index is 0.220. The molecule has 4 aromatic rings. The Bertz CT molecular complexity index is 1280. The molecule has 5 nitrogen and oxygen atoms in total. The number of carboxylic acid groups (broad SMARTS) is 2. The van der Waals surface area contributed by atoms with Crippen LogP contribution in [0.2, 0.25) is 5.02 Å². The molecule has 0 fully saturated rings. The summed E-state index contributed by atoms with van der Waals surface area (Å²) in [5.41, 5.74) is 3.93. The van der Waals surface area contributed by atoms with Gasteiger partial charge in [-0.1, -0.05) is 35.9 Å². The van der Waals surface area contributed by atoms with Gasteiger partial charge in [-0.2, -0.15) is 0 Å². The van der Waals surface area contributed by atoms with Gasteiger partial charge in [0, 0.05) is 21.0 Å². The molecule has 2 N–H and O–H groups in total. The van der Waals surface area contributed by atoms with Gasteiger partial charge in [-0.3, -0.25) is 0 Å². The van der Waals surface area contributed by atoms with Crippen LogP contribution in [0.4, 0.5) is 0 Å². The summed E-state index contributed by atoms with van der Waals surface area (Å²) >= 11 is 7.82. The second-order valence-corrected chi connectivity index (χ2v) is 8.33. The van der Waals surface area contributed by atoms with Crippen LogP contribution >= 0.6 is 22.9 Å². The third-order valence-electron chi connectivity index (χ3n) is 4.89. The molecule has 0 saturated heterocycles. The first kappa shape index (κ1) is 21.6. The Balaban J connectivity index is 1.64. The molecule has 0 aliphatic rings. The molecule has 1 heterocycles. The van der Waals surface area contributed by atoms with Crippen molar-refractivity contribution >= 4 is 34.9 Å². The van der Waals surface area contributed by atoms with Crippen molar-refractivity contribution in [1.29, 1.82) is 0 Å². The maximum absolute atomic E-state index is 11.2. The maximum Gasteiger partial charge on any atom is 0.335 e. The third kappa shape index (κ3) is 4.66. The van der Waals surface area contributed by atoms with E-state index in [2.05, 4.69) is 0 Å². The van der Waals surface area contributed by atoms with E-state index >= 15 is 0 Å². The average molecular weight is 465 g/mol. The number of rotatable bonds is 7. The Morgan fingerprint density at radius 2 is 1.44 bits per heavy atom. The van der Waals surface area contributed by atoms with Crippen molar-refractivity contribution in [2.45, 2.75) is 6.61 Å². The van der Waals surface area contributed by atoms with Gasteiger partial charge in [-0.25, -0.2) is 9.59 Å². The van der Waals surface area contributed by atoms with Crippen molar-refractivity contribution in [1.82, 2.24) is 0 Å². The molecule has 0 bridgehead atoms. The van der Waals surface area contributed by atoms with E-state index < -0.39 is 11.9 Å². The maximum atomic E-state index is 11.2. The molecule has 0 unspecified atom stereocenters. The molecule has 0 amide bonds. The van der Waals surface area contributed by atoms with Crippen molar-refractivity contribution in [2.24, 2.45) is 0 Å². The average Bonchev–Trinajstić information content (AvgIpc) is 3.28. The molecular formula is C25H17ClO5S. The summed E-state index contributed by atoms with van der Waals surface area (Å²) in [4.78, 5) is 23.2. The highest BCUT2D eigenvalue weighted by Gasteiger charge is 2.15. The van der Waals surface area contributed by atoms with E-state index in [0.29, 0.717) is 10.8 Å². The van der Waals surface area contributed by atoms with E-state index in [1.54, 1.807) is 72.0 Å². The molecule has 1 aromatic heterocycles. The van der Waals surface area contributed by atoms with Gasteiger partial charge in [0.2, 0.25) is 0 Å². The first-order valence-corrected chi connectivity index (χ1v) is 10.8. The second-order valence-electron chi connectivity index (χ2n) is 6.98. The van der Waals surface area contributed by atoms with E-state index in [9.17, 15) is 9.59 Å². The highest BCUT2D eigenvalue weighted by atomic mass is 35.5. The Morgan fingerprint density at radius 3 is 2.06 bits per heavy atom. The van der Waals surface area contributed by atoms with Crippen molar-refractivity contribution in [3.8, 4) is 27.3 Å². The summed E-state index contributed by atoms with van der Waals surface area (Å²) in [5.74, 6) is -1.30. The molecule has 0 radical (unpaired) electrons. The van der Waals surface area contributed by atoms with Crippen LogP contribution in [-0.4, -0.2) is 22.2 Å². The fraction of sp³-hybridized carbons (Fsp3) is 0.0400. The number of aromatic carboxylic acids is 2. The standard InChI is InChI=1S/C25H17ClO5S/c26-19-9-10-22(31-14-15-1-3-17(4-2-15)24(27)28)21(13-19)20-11-12-32-23(20)16-5-7-18(8-6-16)25(29)30/h1-13H,14H2,(H,27,28)(H,29,30). The summed E-state index contributed by atoms with van der Waals surface area (Å²) < 4.78 is 6.06. The summed E-state index contributed by atoms with van der Waals surface area (Å²) in [6.45, 7) is 0.265. The lowest BCUT2D eigenvalue weighted by Gasteiger charge is -2.13. The molecule has 32 heavy (non-hydrogen) atoms. The third-order valence-corrected chi connectivity index (χ3v) is 6.08. The Morgan fingerprint density at radius 1 is 0.812 bits per heavy atom. The predicted octanol–water partition coefficient (Wildman–Crippen LogP) is 6.71. The zero-order valence-electron chi connectivity index (χ0n) is 16.6. The van der Waals surface area contributed by atoms with Crippen LogP contribution in [-0.2, 0) is 6.61 Å². The molecule has 3 aromatic carbocycles. The minimum atomic E-state index is -0.973. The number of carboxylic acids is 2. The predicted molar refractivity (Wildman–Crippen MR) is 125 cm³/mol. The number of halogens is 1. The van der Waals surface area contributed by atoms with E-state index in [4.69, 9.17) is 26.6 Å². The SMILES string of the molecule is O=C(O)c1ccc(COc2ccc(Cl)cc2-c2ccsc2-c2ccc(C(=O)O)cc2)cc1. The Hall–Kier alpha value is -3.61. The Labute approximate surface area is 193 Å². The molecule has 0 atom stereocenters. The summed E-state index contributed by atoms with van der Waals surface area (Å²) in [6.07, 6.45) is 0. The lowest BCUT2D eigenvalue weighted by atomic mass is 10.0. The van der Waals surface area contributed by atoms with Crippen LogP contribution in [0.5, 0.6) is 5.75 Å². The fourth-order valence-corrected chi connectivity index (χ4v) is 4.34. The van der Waals surface area contributed by atoms with Crippen LogP contribution in [0, 0.1) is 0 Å². The summed E-state index contributed by atoms with van der Waals surface area (Å²) in [6, 6.07) is 20.6. The van der Waals surface area contributed by atoms with Gasteiger partial charge < -0.3 is 14.9 Å². The number of hydrogen-bond donors (Lipinski definition) is 2. The zero-order chi connectivity index (χ0) is 22.7. The zero-order valence-corrected chi connectivity index (χ0v) is 18.2. The van der Waals surface area contributed by atoms with Crippen molar-refractivity contribution < 1.29 is 24.5 Å². The normalized spacial score (nSPS) is 10.7. The largest absolute Gasteiger partial charge is 0.488 e. The van der Waals surface area contributed by atoms with Crippen molar-refractivity contribution in [3.63, 3.8) is 0 Å². The Kier molecular flexibility index (Phi) is 6.25. The lowest BCUT2D eigenvalue weighted by molar-refractivity contribution is 0.0686. The number of hydrogen-bond acceptors (Lipinski definition) is 4. The van der Waals surface area contributed by atoms with Gasteiger partial charge in [0.05, 0.1) is 11.1 Å². The smallest absolute Gasteiger partial charge is 0.335 e. The minimum Gasteiger partial charge on any atom is -0.488 e. The lowest BCUT2D eigenvalue weighted by Crippen LogP contribution is -2.00. The molecular weight excluding hydrogens is 448 g/mol. The topological polar surface area (TPSA) is 83.8 Å². The van der Waals surface area contributed by atoms with Gasteiger partial charge in [0.1, 0.15) is 12.4 Å². The van der Waals surface area contributed by atoms with Gasteiger partial charge >= 0.3 is 11.9 Å². The van der Waals surface area contributed by atoms with E-state index in [1.165, 1.54) is 0 Å².